The molecule has 1 heterocycles. The van der Waals surface area contributed by atoms with E-state index in [1.54, 1.807) is 26.8 Å². The fourth-order valence-electron chi connectivity index (χ4n) is 2.19. The zero-order valence-electron chi connectivity index (χ0n) is 11.8. The van der Waals surface area contributed by atoms with E-state index in [1.807, 2.05) is 0 Å². The highest BCUT2D eigenvalue weighted by Crippen LogP contribution is 2.27. The van der Waals surface area contributed by atoms with Gasteiger partial charge in [0.2, 0.25) is 10.0 Å². The smallest absolute Gasteiger partial charge is 0.242 e. The van der Waals surface area contributed by atoms with Crippen molar-refractivity contribution in [2.75, 3.05) is 5.73 Å². The molecule has 1 aromatic heterocycles. The molecule has 2 rings (SSSR count). The lowest BCUT2D eigenvalue weighted by Crippen LogP contribution is -2.27. The molecule has 0 saturated carbocycles. The van der Waals surface area contributed by atoms with E-state index in [0.717, 1.165) is 0 Å². The highest BCUT2D eigenvalue weighted by Gasteiger charge is 2.24. The van der Waals surface area contributed by atoms with E-state index in [2.05, 4.69) is 9.88 Å². The van der Waals surface area contributed by atoms with E-state index in [1.165, 1.54) is 12.1 Å². The average molecular weight is 330 g/mol. The lowest BCUT2D eigenvalue weighted by molar-refractivity contribution is 0.391. The van der Waals surface area contributed by atoms with Gasteiger partial charge in [-0.2, -0.15) is 0 Å². The van der Waals surface area contributed by atoms with Crippen LogP contribution in [-0.2, 0) is 10.0 Å². The molecule has 0 fully saturated rings. The fraction of sp³-hybridized carbons (Fsp3) is 0.308. The second-order valence-corrected chi connectivity index (χ2v) is 6.86. The third-order valence-electron chi connectivity index (χ3n) is 3.10. The summed E-state index contributed by atoms with van der Waals surface area (Å²) >= 11 is 5.95. The Morgan fingerprint density at radius 1 is 1.38 bits per heavy atom. The summed E-state index contributed by atoms with van der Waals surface area (Å²) in [5.41, 5.74) is 7.29. The zero-order valence-corrected chi connectivity index (χ0v) is 13.4. The lowest BCUT2D eigenvalue weighted by atomic mass is 10.1. The molecular weight excluding hydrogens is 314 g/mol. The summed E-state index contributed by atoms with van der Waals surface area (Å²) in [5, 5.41) is 3.93. The monoisotopic (exact) mass is 329 g/mol. The molecule has 8 heteroatoms. The Balaban J connectivity index is 2.36. The largest absolute Gasteiger partial charge is 0.399 e. The Morgan fingerprint density at radius 3 is 2.62 bits per heavy atom. The van der Waals surface area contributed by atoms with Crippen LogP contribution in [0.5, 0.6) is 0 Å². The third-order valence-corrected chi connectivity index (χ3v) is 5.12. The minimum Gasteiger partial charge on any atom is -0.399 e. The van der Waals surface area contributed by atoms with E-state index in [-0.39, 0.29) is 9.92 Å². The quantitative estimate of drug-likeness (QED) is 0.840. The number of nitrogens with one attached hydrogen (secondary N) is 1. The number of halogens is 1. The van der Waals surface area contributed by atoms with Crippen molar-refractivity contribution in [1.29, 1.82) is 0 Å². The molecule has 3 N–H and O–H groups in total. The van der Waals surface area contributed by atoms with Gasteiger partial charge in [-0.25, -0.2) is 13.1 Å². The number of hydrogen-bond acceptors (Lipinski definition) is 5. The van der Waals surface area contributed by atoms with Crippen molar-refractivity contribution in [2.45, 2.75) is 31.7 Å². The van der Waals surface area contributed by atoms with Crippen LogP contribution in [0.2, 0.25) is 5.02 Å². The number of nitrogens with zero attached hydrogens (tertiary/aromatic N) is 1. The summed E-state index contributed by atoms with van der Waals surface area (Å²) in [4.78, 5) is -0.0530. The number of rotatable bonds is 4. The van der Waals surface area contributed by atoms with Crippen molar-refractivity contribution < 1.29 is 12.9 Å². The first kappa shape index (κ1) is 15.8. The third kappa shape index (κ3) is 3.20. The van der Waals surface area contributed by atoms with Crippen LogP contribution in [0.4, 0.5) is 5.69 Å². The topological polar surface area (TPSA) is 98.2 Å². The summed E-state index contributed by atoms with van der Waals surface area (Å²) in [6.07, 6.45) is 0. The standard InChI is InChI=1S/C13H16ClN3O3S/c1-7-13(9(3)20-16-7)8(2)17-21(18,19)12-6-10(15)4-5-11(12)14/h4-6,8,17H,15H2,1-3H3. The number of hydrogen-bond donors (Lipinski definition) is 2. The minimum absolute atomic E-state index is 0.0530. The van der Waals surface area contributed by atoms with E-state index < -0.39 is 16.1 Å². The molecule has 0 aliphatic rings. The van der Waals surface area contributed by atoms with Gasteiger partial charge in [-0.05, 0) is 39.0 Å². The predicted octanol–water partition coefficient (Wildman–Crippen LogP) is 2.57. The molecule has 0 aliphatic heterocycles. The van der Waals surface area contributed by atoms with E-state index >= 15 is 0 Å². The van der Waals surface area contributed by atoms with Gasteiger partial charge >= 0.3 is 0 Å². The SMILES string of the molecule is Cc1noc(C)c1C(C)NS(=O)(=O)c1cc(N)ccc1Cl. The second kappa shape index (κ2) is 5.67. The summed E-state index contributed by atoms with van der Waals surface area (Å²) < 4.78 is 32.5. The Morgan fingerprint density at radius 2 is 2.05 bits per heavy atom. The predicted molar refractivity (Wildman–Crippen MR) is 80.6 cm³/mol. The highest BCUT2D eigenvalue weighted by molar-refractivity contribution is 7.89. The van der Waals surface area contributed by atoms with Crippen LogP contribution in [0.25, 0.3) is 0 Å². The van der Waals surface area contributed by atoms with Crippen molar-refractivity contribution in [2.24, 2.45) is 0 Å². The molecule has 0 amide bonds. The van der Waals surface area contributed by atoms with Crippen LogP contribution in [0, 0.1) is 13.8 Å². The highest BCUT2D eigenvalue weighted by atomic mass is 35.5. The van der Waals surface area contributed by atoms with E-state index in [0.29, 0.717) is 22.7 Å². The molecule has 0 spiro atoms. The molecular formula is C13H16ClN3O3S. The van der Waals surface area contributed by atoms with Crippen molar-refractivity contribution >= 4 is 27.3 Å². The van der Waals surface area contributed by atoms with Gasteiger partial charge in [-0.1, -0.05) is 16.8 Å². The van der Waals surface area contributed by atoms with Gasteiger partial charge in [-0.3, -0.25) is 0 Å². The van der Waals surface area contributed by atoms with Crippen LogP contribution in [0.15, 0.2) is 27.6 Å². The summed E-state index contributed by atoms with van der Waals surface area (Å²) in [6, 6.07) is 3.81. The molecule has 1 atom stereocenters. The van der Waals surface area contributed by atoms with Crippen LogP contribution in [-0.4, -0.2) is 13.6 Å². The molecule has 1 unspecified atom stereocenters. The summed E-state index contributed by atoms with van der Waals surface area (Å²) in [6.45, 7) is 5.20. The Hall–Kier alpha value is -1.57. The summed E-state index contributed by atoms with van der Waals surface area (Å²) in [7, 11) is -3.80. The molecule has 2 aromatic rings. The molecule has 6 nitrogen and oxygen atoms in total. The van der Waals surface area contributed by atoms with Crippen LogP contribution in [0.1, 0.15) is 30.0 Å². The Bertz CT molecular complexity index is 751. The van der Waals surface area contributed by atoms with Gasteiger partial charge in [0, 0.05) is 17.3 Å². The first-order valence-electron chi connectivity index (χ1n) is 6.22. The maximum atomic E-state index is 12.4. The molecule has 0 saturated heterocycles. The second-order valence-electron chi connectivity index (χ2n) is 4.77. The van der Waals surface area contributed by atoms with Gasteiger partial charge in [0.05, 0.1) is 10.7 Å². The van der Waals surface area contributed by atoms with Crippen molar-refractivity contribution in [3.05, 3.63) is 40.2 Å². The molecule has 1 aromatic carbocycles. The Labute approximate surface area is 128 Å². The van der Waals surface area contributed by atoms with Gasteiger partial charge in [0.15, 0.2) is 0 Å². The van der Waals surface area contributed by atoms with E-state index in [9.17, 15) is 8.42 Å². The normalized spacial score (nSPS) is 13.3. The number of nitrogens with two attached hydrogens (primary N) is 1. The molecule has 0 bridgehead atoms. The number of anilines is 1. The number of sulfonamides is 1. The van der Waals surface area contributed by atoms with Crippen molar-refractivity contribution in [3.8, 4) is 0 Å². The first-order valence-corrected chi connectivity index (χ1v) is 8.08. The first-order chi connectivity index (χ1) is 9.72. The van der Waals surface area contributed by atoms with Gasteiger partial charge in [-0.15, -0.1) is 0 Å². The number of benzene rings is 1. The maximum Gasteiger partial charge on any atom is 0.242 e. The summed E-state index contributed by atoms with van der Waals surface area (Å²) in [5.74, 6) is 0.571. The lowest BCUT2D eigenvalue weighted by Gasteiger charge is -2.15. The van der Waals surface area contributed by atoms with Gasteiger partial charge in [0.1, 0.15) is 10.7 Å². The minimum atomic E-state index is -3.80. The molecule has 21 heavy (non-hydrogen) atoms. The van der Waals surface area contributed by atoms with Crippen LogP contribution in [0.3, 0.4) is 0 Å². The molecule has 114 valence electrons. The van der Waals surface area contributed by atoms with Crippen molar-refractivity contribution in [1.82, 2.24) is 9.88 Å². The van der Waals surface area contributed by atoms with Crippen LogP contribution < -0.4 is 10.5 Å². The zero-order chi connectivity index (χ0) is 15.8. The molecule has 0 aliphatic carbocycles. The number of aryl methyl sites for hydroxylation is 2. The van der Waals surface area contributed by atoms with Crippen molar-refractivity contribution in [3.63, 3.8) is 0 Å². The van der Waals surface area contributed by atoms with Crippen LogP contribution >= 0.6 is 11.6 Å². The van der Waals surface area contributed by atoms with Gasteiger partial charge < -0.3 is 10.3 Å². The maximum absolute atomic E-state index is 12.4. The fourth-order valence-corrected chi connectivity index (χ4v) is 3.94. The average Bonchev–Trinajstić information content (AvgIpc) is 2.71. The number of aromatic nitrogens is 1. The van der Waals surface area contributed by atoms with E-state index in [4.69, 9.17) is 21.9 Å². The molecule has 0 radical (unpaired) electrons. The Kier molecular flexibility index (Phi) is 4.27. The number of nitrogen functional groups attached to an aromatic ring is 1. The van der Waals surface area contributed by atoms with Gasteiger partial charge in [0.25, 0.3) is 0 Å².